The lowest BCUT2D eigenvalue weighted by molar-refractivity contribution is -0.119. The van der Waals surface area contributed by atoms with Crippen molar-refractivity contribution in [3.8, 4) is 11.4 Å². The van der Waals surface area contributed by atoms with Gasteiger partial charge in [-0.15, -0.1) is 10.2 Å². The van der Waals surface area contributed by atoms with Crippen LogP contribution in [0.2, 0.25) is 5.02 Å². The minimum atomic E-state index is 0.0427. The van der Waals surface area contributed by atoms with Crippen LogP contribution in [0.4, 0.5) is 0 Å². The maximum Gasteiger partial charge on any atom is 0.230 e. The molecule has 25 heavy (non-hydrogen) atoms. The molecular formula is C17H20ClN5OS. The highest BCUT2D eigenvalue weighted by molar-refractivity contribution is 7.99. The second-order valence-electron chi connectivity index (χ2n) is 6.74. The fourth-order valence-electron chi connectivity index (χ4n) is 3.09. The van der Waals surface area contributed by atoms with Gasteiger partial charge in [-0.3, -0.25) is 4.79 Å². The highest BCUT2D eigenvalue weighted by Crippen LogP contribution is 2.44. The number of carbonyl (C=O) groups excluding carboxylic acids is 1. The third kappa shape index (κ3) is 3.93. The molecule has 2 aliphatic rings. The summed E-state index contributed by atoms with van der Waals surface area (Å²) in [5, 5.41) is 12.5. The van der Waals surface area contributed by atoms with E-state index in [4.69, 9.17) is 17.4 Å². The molecule has 1 aromatic heterocycles. The first-order valence-electron chi connectivity index (χ1n) is 8.50. The Labute approximate surface area is 155 Å². The monoisotopic (exact) mass is 377 g/mol. The summed E-state index contributed by atoms with van der Waals surface area (Å²) in [5.41, 5.74) is 0.793. The number of amides is 1. The van der Waals surface area contributed by atoms with Gasteiger partial charge in [-0.2, -0.15) is 0 Å². The van der Waals surface area contributed by atoms with Gasteiger partial charge in [0.1, 0.15) is 0 Å². The molecular weight excluding hydrogens is 358 g/mol. The van der Waals surface area contributed by atoms with E-state index in [1.807, 2.05) is 12.1 Å². The summed E-state index contributed by atoms with van der Waals surface area (Å²) < 4.78 is 1.41. The normalized spacial score (nSPS) is 17.0. The molecule has 0 atom stereocenters. The van der Waals surface area contributed by atoms with Gasteiger partial charge in [0.15, 0.2) is 5.82 Å². The summed E-state index contributed by atoms with van der Waals surface area (Å²) in [5.74, 6) is 8.33. The molecule has 1 amide bonds. The fraction of sp³-hybridized carbons (Fsp3) is 0.471. The van der Waals surface area contributed by atoms with Crippen LogP contribution >= 0.6 is 23.4 Å². The van der Waals surface area contributed by atoms with E-state index in [2.05, 4.69) is 15.5 Å². The molecule has 2 fully saturated rings. The molecule has 8 heteroatoms. The quantitative estimate of drug-likeness (QED) is 0.572. The zero-order valence-corrected chi connectivity index (χ0v) is 15.3. The van der Waals surface area contributed by atoms with Crippen molar-refractivity contribution in [2.24, 2.45) is 11.8 Å². The average Bonchev–Trinajstić information content (AvgIpc) is 3.50. The minimum absolute atomic E-state index is 0.0427. The van der Waals surface area contributed by atoms with Gasteiger partial charge in [0.2, 0.25) is 11.1 Å². The second kappa shape index (κ2) is 6.88. The van der Waals surface area contributed by atoms with Gasteiger partial charge in [-0.05, 0) is 49.7 Å². The van der Waals surface area contributed by atoms with Crippen molar-refractivity contribution < 1.29 is 4.79 Å². The molecule has 0 unspecified atom stereocenters. The van der Waals surface area contributed by atoms with Crippen LogP contribution in [0.25, 0.3) is 11.4 Å². The van der Waals surface area contributed by atoms with E-state index < -0.39 is 0 Å². The van der Waals surface area contributed by atoms with E-state index in [1.54, 1.807) is 12.1 Å². The Hall–Kier alpha value is -1.73. The van der Waals surface area contributed by atoms with Gasteiger partial charge in [0.25, 0.3) is 0 Å². The molecule has 0 spiro atoms. The number of nitrogens with two attached hydrogens (primary N) is 1. The number of benzene rings is 1. The molecule has 3 N–H and O–H groups in total. The van der Waals surface area contributed by atoms with Crippen LogP contribution in [-0.2, 0) is 4.79 Å². The Morgan fingerprint density at radius 1 is 1.32 bits per heavy atom. The van der Waals surface area contributed by atoms with Crippen LogP contribution < -0.4 is 11.2 Å². The average molecular weight is 378 g/mol. The summed E-state index contributed by atoms with van der Waals surface area (Å²) >= 11 is 7.31. The first-order chi connectivity index (χ1) is 12.1. The first kappa shape index (κ1) is 16.7. The molecule has 4 rings (SSSR count). The largest absolute Gasteiger partial charge is 0.352 e. The Kier molecular flexibility index (Phi) is 4.60. The van der Waals surface area contributed by atoms with Crippen molar-refractivity contribution in [2.45, 2.75) is 36.9 Å². The third-order valence-corrected chi connectivity index (χ3v) is 5.85. The van der Waals surface area contributed by atoms with Gasteiger partial charge >= 0.3 is 0 Å². The number of rotatable bonds is 7. The molecule has 0 aliphatic heterocycles. The van der Waals surface area contributed by atoms with Crippen molar-refractivity contribution in [1.82, 2.24) is 20.2 Å². The highest BCUT2D eigenvalue weighted by atomic mass is 35.5. The van der Waals surface area contributed by atoms with Crippen LogP contribution in [0.5, 0.6) is 0 Å². The fourth-order valence-corrected chi connectivity index (χ4v) is 3.95. The molecule has 1 aromatic carbocycles. The van der Waals surface area contributed by atoms with E-state index >= 15 is 0 Å². The van der Waals surface area contributed by atoms with Gasteiger partial charge in [-0.25, -0.2) is 4.68 Å². The van der Waals surface area contributed by atoms with Crippen LogP contribution in [0.3, 0.4) is 0 Å². The molecule has 2 aromatic rings. The van der Waals surface area contributed by atoms with E-state index in [0.717, 1.165) is 5.56 Å². The lowest BCUT2D eigenvalue weighted by Crippen LogP contribution is -2.39. The van der Waals surface area contributed by atoms with Crippen LogP contribution in [0.1, 0.15) is 25.7 Å². The summed E-state index contributed by atoms with van der Waals surface area (Å²) in [6.45, 7) is 0. The van der Waals surface area contributed by atoms with Gasteiger partial charge in [-0.1, -0.05) is 35.5 Å². The molecule has 2 saturated carbocycles. The summed E-state index contributed by atoms with van der Waals surface area (Å²) in [6.07, 6.45) is 4.98. The van der Waals surface area contributed by atoms with Crippen molar-refractivity contribution in [3.05, 3.63) is 29.3 Å². The standard InChI is InChI=1S/C17H20ClN5OS/c18-13-3-1-2-12(8-13)16-21-22-17(23(16)19)25-9-14(24)20-15(10-4-5-10)11-6-7-11/h1-3,8,10-11,15H,4-7,9,19H2,(H,20,24). The predicted octanol–water partition coefficient (Wildman–Crippen LogP) is 2.71. The van der Waals surface area contributed by atoms with Gasteiger partial charge in [0, 0.05) is 16.6 Å². The van der Waals surface area contributed by atoms with Crippen molar-refractivity contribution >= 4 is 29.3 Å². The number of nitrogens with one attached hydrogen (secondary N) is 1. The molecule has 1 heterocycles. The van der Waals surface area contributed by atoms with E-state index in [-0.39, 0.29) is 5.91 Å². The smallest absolute Gasteiger partial charge is 0.230 e. The van der Waals surface area contributed by atoms with Crippen LogP contribution in [-0.4, -0.2) is 32.6 Å². The maximum absolute atomic E-state index is 12.3. The molecule has 132 valence electrons. The zero-order valence-electron chi connectivity index (χ0n) is 13.7. The van der Waals surface area contributed by atoms with E-state index in [9.17, 15) is 4.79 Å². The minimum Gasteiger partial charge on any atom is -0.352 e. The number of hydrogen-bond donors (Lipinski definition) is 2. The number of hydrogen-bond acceptors (Lipinski definition) is 5. The molecule has 6 nitrogen and oxygen atoms in total. The zero-order chi connectivity index (χ0) is 17.4. The van der Waals surface area contributed by atoms with Crippen molar-refractivity contribution in [2.75, 3.05) is 11.6 Å². The van der Waals surface area contributed by atoms with E-state index in [0.29, 0.717) is 39.6 Å². The summed E-state index contributed by atoms with van der Waals surface area (Å²) in [7, 11) is 0. The molecule has 0 bridgehead atoms. The van der Waals surface area contributed by atoms with Gasteiger partial charge in [0.05, 0.1) is 5.75 Å². The lowest BCUT2D eigenvalue weighted by Gasteiger charge is -2.17. The lowest BCUT2D eigenvalue weighted by atomic mass is 10.1. The van der Waals surface area contributed by atoms with Crippen molar-refractivity contribution in [1.29, 1.82) is 0 Å². The van der Waals surface area contributed by atoms with Crippen molar-refractivity contribution in [3.63, 3.8) is 0 Å². The SMILES string of the molecule is Nn1c(SCC(=O)NC(C2CC2)C2CC2)nnc1-c1cccc(Cl)c1. The van der Waals surface area contributed by atoms with Crippen LogP contribution in [0, 0.1) is 11.8 Å². The molecule has 0 saturated heterocycles. The number of nitrogens with zero attached hydrogens (tertiary/aromatic N) is 3. The maximum atomic E-state index is 12.3. The molecule has 0 radical (unpaired) electrons. The number of nitrogen functional groups attached to an aromatic ring is 1. The highest BCUT2D eigenvalue weighted by Gasteiger charge is 2.42. The van der Waals surface area contributed by atoms with E-state index in [1.165, 1.54) is 42.1 Å². The topological polar surface area (TPSA) is 85.8 Å². The second-order valence-corrected chi connectivity index (χ2v) is 8.12. The number of halogens is 1. The Balaban J connectivity index is 1.37. The molecule has 2 aliphatic carbocycles. The Morgan fingerprint density at radius 2 is 2.04 bits per heavy atom. The predicted molar refractivity (Wildman–Crippen MR) is 98.7 cm³/mol. The first-order valence-corrected chi connectivity index (χ1v) is 9.87. The Morgan fingerprint density at radius 3 is 2.68 bits per heavy atom. The van der Waals surface area contributed by atoms with Crippen LogP contribution in [0.15, 0.2) is 29.4 Å². The summed E-state index contributed by atoms with van der Waals surface area (Å²) in [6, 6.07) is 7.65. The van der Waals surface area contributed by atoms with Gasteiger partial charge < -0.3 is 11.2 Å². The summed E-state index contributed by atoms with van der Waals surface area (Å²) in [4.78, 5) is 12.3. The number of thioether (sulfide) groups is 1. The third-order valence-electron chi connectivity index (χ3n) is 4.67. The Bertz CT molecular complexity index is 775. The number of aromatic nitrogens is 3. The number of carbonyl (C=O) groups is 1.